The Labute approximate surface area is 123 Å². The zero-order valence-electron chi connectivity index (χ0n) is 11.8. The SMILES string of the molecule is Cc1ccncc1NC(=O)Cc1cccc2ccccc12. The monoisotopic (exact) mass is 276 g/mol. The number of fused-ring (bicyclic) bond motifs is 1. The van der Waals surface area contributed by atoms with Crippen LogP contribution in [0.1, 0.15) is 11.1 Å². The van der Waals surface area contributed by atoms with Gasteiger partial charge in [-0.15, -0.1) is 0 Å². The van der Waals surface area contributed by atoms with Gasteiger partial charge in [0.1, 0.15) is 0 Å². The molecule has 0 radical (unpaired) electrons. The molecule has 0 aliphatic heterocycles. The largest absolute Gasteiger partial charge is 0.324 e. The molecule has 3 aromatic rings. The van der Waals surface area contributed by atoms with Crippen LogP contribution in [0, 0.1) is 6.92 Å². The summed E-state index contributed by atoms with van der Waals surface area (Å²) in [5.74, 6) is -0.0255. The average Bonchev–Trinajstić information content (AvgIpc) is 2.50. The van der Waals surface area contributed by atoms with Crippen LogP contribution in [0.2, 0.25) is 0 Å². The quantitative estimate of drug-likeness (QED) is 0.792. The van der Waals surface area contributed by atoms with Crippen molar-refractivity contribution in [1.29, 1.82) is 0 Å². The molecule has 3 heteroatoms. The molecule has 0 fully saturated rings. The minimum Gasteiger partial charge on any atom is -0.324 e. The number of nitrogens with one attached hydrogen (secondary N) is 1. The van der Waals surface area contributed by atoms with Crippen molar-refractivity contribution in [2.24, 2.45) is 0 Å². The van der Waals surface area contributed by atoms with Crippen molar-refractivity contribution in [1.82, 2.24) is 4.98 Å². The molecule has 1 heterocycles. The van der Waals surface area contributed by atoms with Crippen LogP contribution in [0.25, 0.3) is 10.8 Å². The number of nitrogens with zero attached hydrogens (tertiary/aromatic N) is 1. The van der Waals surface area contributed by atoms with Gasteiger partial charge in [-0.2, -0.15) is 0 Å². The first-order valence-corrected chi connectivity index (χ1v) is 6.91. The number of hydrogen-bond acceptors (Lipinski definition) is 2. The maximum absolute atomic E-state index is 12.2. The first kappa shape index (κ1) is 13.3. The second-order valence-electron chi connectivity index (χ2n) is 5.05. The molecule has 0 atom stereocenters. The number of hydrogen-bond donors (Lipinski definition) is 1. The van der Waals surface area contributed by atoms with Gasteiger partial charge in [-0.3, -0.25) is 9.78 Å². The predicted octanol–water partition coefficient (Wildman–Crippen LogP) is 3.72. The maximum Gasteiger partial charge on any atom is 0.228 e. The van der Waals surface area contributed by atoms with Crippen molar-refractivity contribution in [3.05, 3.63) is 72.1 Å². The van der Waals surface area contributed by atoms with Crippen LogP contribution >= 0.6 is 0 Å². The van der Waals surface area contributed by atoms with Crippen molar-refractivity contribution in [2.75, 3.05) is 5.32 Å². The summed E-state index contributed by atoms with van der Waals surface area (Å²) in [7, 11) is 0. The highest BCUT2D eigenvalue weighted by atomic mass is 16.1. The lowest BCUT2D eigenvalue weighted by atomic mass is 10.0. The van der Waals surface area contributed by atoms with Crippen molar-refractivity contribution >= 4 is 22.4 Å². The van der Waals surface area contributed by atoms with E-state index in [2.05, 4.69) is 22.4 Å². The van der Waals surface area contributed by atoms with Gasteiger partial charge in [0.05, 0.1) is 18.3 Å². The number of anilines is 1. The fraction of sp³-hybridized carbons (Fsp3) is 0.111. The van der Waals surface area contributed by atoms with Crippen LogP contribution in [-0.4, -0.2) is 10.9 Å². The van der Waals surface area contributed by atoms with E-state index < -0.39 is 0 Å². The van der Waals surface area contributed by atoms with E-state index >= 15 is 0 Å². The highest BCUT2D eigenvalue weighted by Crippen LogP contribution is 2.19. The number of aryl methyl sites for hydroxylation is 1. The zero-order chi connectivity index (χ0) is 14.7. The Morgan fingerprint density at radius 3 is 2.76 bits per heavy atom. The van der Waals surface area contributed by atoms with Crippen molar-refractivity contribution in [3.63, 3.8) is 0 Å². The molecule has 0 saturated heterocycles. The highest BCUT2D eigenvalue weighted by molar-refractivity contribution is 5.96. The summed E-state index contributed by atoms with van der Waals surface area (Å²) in [5, 5.41) is 5.20. The van der Waals surface area contributed by atoms with Gasteiger partial charge in [0, 0.05) is 6.20 Å². The third-order valence-electron chi connectivity index (χ3n) is 3.54. The van der Waals surface area contributed by atoms with Gasteiger partial charge in [0.25, 0.3) is 0 Å². The molecule has 0 unspecified atom stereocenters. The second kappa shape index (κ2) is 5.75. The van der Waals surface area contributed by atoms with Crippen molar-refractivity contribution in [2.45, 2.75) is 13.3 Å². The van der Waals surface area contributed by atoms with Gasteiger partial charge in [-0.05, 0) is 34.9 Å². The molecule has 0 spiro atoms. The summed E-state index contributed by atoms with van der Waals surface area (Å²) in [6, 6.07) is 16.0. The van der Waals surface area contributed by atoms with Crippen LogP contribution in [0.4, 0.5) is 5.69 Å². The third-order valence-corrected chi connectivity index (χ3v) is 3.54. The van der Waals surface area contributed by atoms with Crippen LogP contribution in [0.5, 0.6) is 0 Å². The van der Waals surface area contributed by atoms with E-state index in [-0.39, 0.29) is 5.91 Å². The summed E-state index contributed by atoms with van der Waals surface area (Å²) in [5.41, 5.74) is 2.81. The number of rotatable bonds is 3. The van der Waals surface area contributed by atoms with Crippen LogP contribution in [0.3, 0.4) is 0 Å². The molecule has 1 amide bonds. The van der Waals surface area contributed by atoms with Gasteiger partial charge in [-0.1, -0.05) is 42.5 Å². The Morgan fingerprint density at radius 2 is 1.90 bits per heavy atom. The lowest BCUT2D eigenvalue weighted by Gasteiger charge is -2.09. The Hall–Kier alpha value is -2.68. The minimum atomic E-state index is -0.0255. The fourth-order valence-corrected chi connectivity index (χ4v) is 2.41. The van der Waals surface area contributed by atoms with Gasteiger partial charge in [-0.25, -0.2) is 0 Å². The van der Waals surface area contributed by atoms with Gasteiger partial charge in [0.15, 0.2) is 0 Å². The molecule has 3 rings (SSSR count). The standard InChI is InChI=1S/C18H16N2O/c1-13-9-10-19-12-17(13)20-18(21)11-15-7-4-6-14-5-2-3-8-16(14)15/h2-10,12H,11H2,1H3,(H,20,21). The lowest BCUT2D eigenvalue weighted by molar-refractivity contribution is -0.115. The van der Waals surface area contributed by atoms with E-state index in [1.165, 1.54) is 0 Å². The summed E-state index contributed by atoms with van der Waals surface area (Å²) < 4.78 is 0. The van der Waals surface area contributed by atoms with Gasteiger partial charge in [0.2, 0.25) is 5.91 Å². The highest BCUT2D eigenvalue weighted by Gasteiger charge is 2.08. The van der Waals surface area contributed by atoms with E-state index in [1.807, 2.05) is 43.3 Å². The van der Waals surface area contributed by atoms with Crippen LogP contribution in [-0.2, 0) is 11.2 Å². The molecule has 2 aromatic carbocycles. The normalized spacial score (nSPS) is 10.5. The number of pyridine rings is 1. The van der Waals surface area contributed by atoms with Crippen molar-refractivity contribution < 1.29 is 4.79 Å². The number of aromatic nitrogens is 1. The number of benzene rings is 2. The number of amides is 1. The Morgan fingerprint density at radius 1 is 1.10 bits per heavy atom. The topological polar surface area (TPSA) is 42.0 Å². The Bertz CT molecular complexity index is 791. The number of carbonyl (C=O) groups excluding carboxylic acids is 1. The molecule has 0 bridgehead atoms. The van der Waals surface area contributed by atoms with Gasteiger partial charge < -0.3 is 5.32 Å². The number of carbonyl (C=O) groups is 1. The van der Waals surface area contributed by atoms with Crippen molar-refractivity contribution in [3.8, 4) is 0 Å². The van der Waals surface area contributed by atoms with E-state index in [4.69, 9.17) is 0 Å². The molecular formula is C18H16N2O. The Kier molecular flexibility index (Phi) is 3.65. The maximum atomic E-state index is 12.2. The predicted molar refractivity (Wildman–Crippen MR) is 85.3 cm³/mol. The fourth-order valence-electron chi connectivity index (χ4n) is 2.41. The lowest BCUT2D eigenvalue weighted by Crippen LogP contribution is -2.15. The van der Waals surface area contributed by atoms with E-state index in [0.29, 0.717) is 6.42 Å². The second-order valence-corrected chi connectivity index (χ2v) is 5.05. The molecular weight excluding hydrogens is 260 g/mol. The molecule has 1 N–H and O–H groups in total. The molecule has 21 heavy (non-hydrogen) atoms. The molecule has 1 aromatic heterocycles. The summed E-state index contributed by atoms with van der Waals surface area (Å²) in [6.07, 6.45) is 3.75. The smallest absolute Gasteiger partial charge is 0.228 e. The molecule has 3 nitrogen and oxygen atoms in total. The molecule has 0 aliphatic carbocycles. The zero-order valence-corrected chi connectivity index (χ0v) is 11.8. The van der Waals surface area contributed by atoms with E-state index in [9.17, 15) is 4.79 Å². The Balaban J connectivity index is 1.82. The first-order valence-electron chi connectivity index (χ1n) is 6.91. The first-order chi connectivity index (χ1) is 10.2. The molecule has 0 saturated carbocycles. The third kappa shape index (κ3) is 2.92. The average molecular weight is 276 g/mol. The minimum absolute atomic E-state index is 0.0255. The van der Waals surface area contributed by atoms with Crippen LogP contribution in [0.15, 0.2) is 60.9 Å². The summed E-state index contributed by atoms with van der Waals surface area (Å²) >= 11 is 0. The molecule has 0 aliphatic rings. The summed E-state index contributed by atoms with van der Waals surface area (Å²) in [4.78, 5) is 16.3. The van der Waals surface area contributed by atoms with Crippen LogP contribution < -0.4 is 5.32 Å². The summed E-state index contributed by atoms with van der Waals surface area (Å²) in [6.45, 7) is 1.95. The van der Waals surface area contributed by atoms with E-state index in [1.54, 1.807) is 12.4 Å². The van der Waals surface area contributed by atoms with Gasteiger partial charge >= 0.3 is 0 Å². The van der Waals surface area contributed by atoms with E-state index in [0.717, 1.165) is 27.6 Å². The molecule has 104 valence electrons.